The van der Waals surface area contributed by atoms with Gasteiger partial charge >= 0.3 is 17.9 Å². The Labute approximate surface area is 494 Å². The third-order valence-electron chi connectivity index (χ3n) is 13.1. The van der Waals surface area contributed by atoms with E-state index >= 15 is 0 Å². The largest absolute Gasteiger partial charge is 0.508 e. The maximum Gasteiger partial charge on any atom is 0.326 e. The lowest BCUT2D eigenvalue weighted by atomic mass is 9.99. The summed E-state index contributed by atoms with van der Waals surface area (Å²) in [6, 6.07) is 4.92. The molecular weight excluding hydrogens is 1130 g/mol. The van der Waals surface area contributed by atoms with Crippen LogP contribution in [0.1, 0.15) is 95.8 Å². The molecule has 19 N–H and O–H groups in total. The Morgan fingerprint density at radius 2 is 0.779 bits per heavy atom. The van der Waals surface area contributed by atoms with Crippen molar-refractivity contribution >= 4 is 77.0 Å². The number of rotatable bonds is 37. The number of carboxylic acid groups (broad SMARTS) is 3. The third kappa shape index (κ3) is 25.4. The summed E-state index contributed by atoms with van der Waals surface area (Å²) in [5.41, 5.74) is 18.5. The van der Waals surface area contributed by atoms with Crippen molar-refractivity contribution in [1.82, 2.24) is 42.5 Å². The van der Waals surface area contributed by atoms with Crippen LogP contribution in [0.3, 0.4) is 0 Å². The first kappa shape index (κ1) is 70.6. The number of nitrogens with one attached hydrogen (secondary N) is 8. The number of primary amides is 2. The van der Waals surface area contributed by atoms with E-state index in [0.717, 1.165) is 5.56 Å². The van der Waals surface area contributed by atoms with Gasteiger partial charge in [0.25, 0.3) is 0 Å². The van der Waals surface area contributed by atoms with Crippen molar-refractivity contribution in [1.29, 1.82) is 0 Å². The molecule has 29 heteroatoms. The molecule has 0 spiro atoms. The molecule has 468 valence electrons. The molecule has 3 rings (SSSR count). The fourth-order valence-electron chi connectivity index (χ4n) is 8.54. The van der Waals surface area contributed by atoms with Crippen LogP contribution < -0.4 is 59.7 Å². The topological polar surface area (TPSA) is 497 Å². The van der Waals surface area contributed by atoms with Crippen LogP contribution >= 0.6 is 0 Å². The highest BCUT2D eigenvalue weighted by Gasteiger charge is 2.37. The molecule has 0 heterocycles. The summed E-state index contributed by atoms with van der Waals surface area (Å²) < 4.78 is 0. The average molecular weight is 1200 g/mol. The molecule has 9 atom stereocenters. The molecule has 0 bridgehead atoms. The fraction of sp³-hybridized carbons (Fsp3) is 0.456. The molecular formula is C57H77N11O18. The highest BCUT2D eigenvalue weighted by Crippen LogP contribution is 2.16. The Balaban J connectivity index is 1.94. The molecule has 10 amide bonds. The van der Waals surface area contributed by atoms with E-state index in [4.69, 9.17) is 17.2 Å². The maximum absolute atomic E-state index is 14.4. The quantitative estimate of drug-likeness (QED) is 0.0296. The lowest BCUT2D eigenvalue weighted by molar-refractivity contribution is -0.143. The van der Waals surface area contributed by atoms with E-state index in [2.05, 4.69) is 42.5 Å². The van der Waals surface area contributed by atoms with Crippen molar-refractivity contribution < 1.29 is 87.9 Å². The summed E-state index contributed by atoms with van der Waals surface area (Å²) in [5.74, 6) is -16.3. The molecule has 29 nitrogen and oxygen atoms in total. The number of amides is 10. The molecule has 0 unspecified atom stereocenters. The fourth-order valence-corrected chi connectivity index (χ4v) is 8.54. The van der Waals surface area contributed by atoms with Crippen LogP contribution in [-0.2, 0) is 81.6 Å². The number of carbonyl (C=O) groups is 13. The van der Waals surface area contributed by atoms with Gasteiger partial charge in [0.2, 0.25) is 59.1 Å². The minimum atomic E-state index is -1.99. The first-order chi connectivity index (χ1) is 40.4. The van der Waals surface area contributed by atoms with Gasteiger partial charge in [-0.2, -0.15) is 0 Å². The zero-order valence-electron chi connectivity index (χ0n) is 47.9. The molecule has 3 aromatic rings. The zero-order valence-corrected chi connectivity index (χ0v) is 47.9. The Kier molecular flexibility index (Phi) is 28.6. The highest BCUT2D eigenvalue weighted by atomic mass is 16.4. The second kappa shape index (κ2) is 34.8. The van der Waals surface area contributed by atoms with Gasteiger partial charge in [0, 0.05) is 32.1 Å². The minimum absolute atomic E-state index is 0.108. The Bertz CT molecular complexity index is 2870. The zero-order chi connectivity index (χ0) is 64.4. The van der Waals surface area contributed by atoms with Gasteiger partial charge in [-0.3, -0.25) is 57.5 Å². The van der Waals surface area contributed by atoms with Crippen LogP contribution in [0.25, 0.3) is 0 Å². The summed E-state index contributed by atoms with van der Waals surface area (Å²) in [7, 11) is 0. The van der Waals surface area contributed by atoms with Gasteiger partial charge in [-0.05, 0) is 84.9 Å². The van der Waals surface area contributed by atoms with Crippen molar-refractivity contribution in [2.45, 2.75) is 153 Å². The van der Waals surface area contributed by atoms with Gasteiger partial charge in [-0.25, -0.2) is 4.79 Å². The summed E-state index contributed by atoms with van der Waals surface area (Å²) >= 11 is 0. The molecule has 86 heavy (non-hydrogen) atoms. The van der Waals surface area contributed by atoms with E-state index in [9.17, 15) is 87.9 Å². The summed E-state index contributed by atoms with van der Waals surface area (Å²) in [5, 5.41) is 67.9. The molecule has 0 saturated carbocycles. The second-order valence-corrected chi connectivity index (χ2v) is 21.2. The summed E-state index contributed by atoms with van der Waals surface area (Å²) in [6.07, 6.45) is -5.40. The van der Waals surface area contributed by atoms with Gasteiger partial charge in [0.05, 0.1) is 12.5 Å². The molecule has 0 saturated heterocycles. The first-order valence-corrected chi connectivity index (χ1v) is 27.4. The van der Waals surface area contributed by atoms with Gasteiger partial charge in [-0.15, -0.1) is 0 Å². The third-order valence-corrected chi connectivity index (χ3v) is 13.1. The summed E-state index contributed by atoms with van der Waals surface area (Å²) in [6.45, 7) is 6.49. The number of benzene rings is 3. The number of hydrogen-bond donors (Lipinski definition) is 16. The minimum Gasteiger partial charge on any atom is -0.508 e. The summed E-state index contributed by atoms with van der Waals surface area (Å²) in [4.78, 5) is 172. The van der Waals surface area contributed by atoms with Crippen LogP contribution in [0.2, 0.25) is 0 Å². The lowest BCUT2D eigenvalue weighted by Crippen LogP contribution is -2.61. The van der Waals surface area contributed by atoms with E-state index in [1.54, 1.807) is 58.0 Å². The molecule has 3 aromatic carbocycles. The number of aliphatic carboxylic acids is 3. The Morgan fingerprint density at radius 3 is 1.21 bits per heavy atom. The van der Waals surface area contributed by atoms with Crippen molar-refractivity contribution in [3.8, 4) is 11.5 Å². The molecule has 0 aliphatic heterocycles. The maximum atomic E-state index is 14.4. The first-order valence-electron chi connectivity index (χ1n) is 27.4. The van der Waals surface area contributed by atoms with Gasteiger partial charge in [0.1, 0.15) is 59.8 Å². The predicted octanol–water partition coefficient (Wildman–Crippen LogP) is -2.01. The molecule has 0 aliphatic carbocycles. The SMILES string of the molecule is CC(C)C[C@H](NC(=O)[C@H](Cc1ccc(O)cc1)NC(=O)[C@H](CC(N)=O)NC(=O)[C@H](CCC(=O)O)NC(=O)[C@H](CCC(N)=O)NC(=O)[C@@H](NC(=O)[C@@H](N)Cc1ccccc1)C(C)C)C(=O)N[C@@H](CCC(=O)O)C(=O)N[C@@H](Cc1ccc(O)cc1)C(=O)O. The standard InChI is InChI=1S/C57H77N11O18/c1-29(2)24-40(53(81)62-39(20-23-47(75)76)52(80)67-43(57(85)86)27-33-12-16-35(70)17-13-33)64-54(82)41(26-32-10-14-34(69)15-11-32)65-55(83)42(28-45(60)72)66-51(79)38(19-22-46(73)74)61-50(78)37(18-21-44(59)71)63-56(84)48(30(3)4)68-49(77)36(58)25-31-8-6-5-7-9-31/h5-17,29-30,36-43,48,69-70H,18-28,58H2,1-4H3,(H2,59,71)(H2,60,72)(H,61,78)(H,62,81)(H,63,84)(H,64,82)(H,65,83)(H,66,79)(H,67,80)(H,68,77)(H,73,74)(H,75,76)(H,85,86)/t36-,37-,38-,39-,40-,41-,42-,43-,48-/m0/s1. The molecule has 0 radical (unpaired) electrons. The monoisotopic (exact) mass is 1200 g/mol. The second-order valence-electron chi connectivity index (χ2n) is 21.2. The number of carbonyl (C=O) groups excluding carboxylic acids is 10. The van der Waals surface area contributed by atoms with Crippen molar-refractivity contribution in [3.63, 3.8) is 0 Å². The predicted molar refractivity (Wildman–Crippen MR) is 305 cm³/mol. The number of hydrogen-bond acceptors (Lipinski definition) is 16. The number of phenolic OH excluding ortho intramolecular Hbond substituents is 2. The van der Waals surface area contributed by atoms with Crippen LogP contribution in [0.15, 0.2) is 78.9 Å². The van der Waals surface area contributed by atoms with Crippen LogP contribution in [0.4, 0.5) is 0 Å². The van der Waals surface area contributed by atoms with Crippen LogP contribution in [0.5, 0.6) is 11.5 Å². The number of nitrogens with two attached hydrogens (primary N) is 3. The lowest BCUT2D eigenvalue weighted by Gasteiger charge is -2.28. The smallest absolute Gasteiger partial charge is 0.326 e. The van der Waals surface area contributed by atoms with Crippen molar-refractivity contribution in [2.24, 2.45) is 29.0 Å². The van der Waals surface area contributed by atoms with Crippen LogP contribution in [0, 0.1) is 11.8 Å². The highest BCUT2D eigenvalue weighted by molar-refractivity contribution is 5.99. The number of aromatic hydroxyl groups is 2. The number of phenols is 2. The van der Waals surface area contributed by atoms with Crippen LogP contribution in [-0.4, -0.2) is 157 Å². The average Bonchev–Trinajstić information content (AvgIpc) is 3.62. The van der Waals surface area contributed by atoms with Gasteiger partial charge < -0.3 is 85.3 Å². The van der Waals surface area contributed by atoms with E-state index < -0.39 is 189 Å². The van der Waals surface area contributed by atoms with E-state index in [1.807, 2.05) is 0 Å². The molecule has 0 fully saturated rings. The van der Waals surface area contributed by atoms with E-state index in [1.165, 1.54) is 48.5 Å². The van der Waals surface area contributed by atoms with E-state index in [-0.39, 0.29) is 42.2 Å². The normalized spacial score (nSPS) is 14.2. The van der Waals surface area contributed by atoms with Crippen molar-refractivity contribution in [3.05, 3.63) is 95.6 Å². The van der Waals surface area contributed by atoms with E-state index in [0.29, 0.717) is 5.56 Å². The van der Waals surface area contributed by atoms with Crippen molar-refractivity contribution in [2.75, 3.05) is 0 Å². The molecule has 0 aliphatic rings. The Morgan fingerprint density at radius 1 is 0.407 bits per heavy atom. The van der Waals surface area contributed by atoms with Gasteiger partial charge in [0.15, 0.2) is 0 Å². The molecule has 0 aromatic heterocycles. The van der Waals surface area contributed by atoms with Gasteiger partial charge in [-0.1, -0.05) is 82.3 Å². The Hall–Kier alpha value is -9.67. The number of carboxylic acids is 3.